The van der Waals surface area contributed by atoms with Gasteiger partial charge in [0.2, 0.25) is 5.76 Å². The fourth-order valence-electron chi connectivity index (χ4n) is 4.85. The van der Waals surface area contributed by atoms with Crippen LogP contribution in [0.1, 0.15) is 45.8 Å². The maximum absolute atomic E-state index is 13.9. The third-order valence-corrected chi connectivity index (χ3v) is 7.59. The van der Waals surface area contributed by atoms with E-state index in [-0.39, 0.29) is 11.2 Å². The number of hydrogen-bond acceptors (Lipinski definition) is 7. The van der Waals surface area contributed by atoms with Crippen molar-refractivity contribution in [2.24, 2.45) is 0 Å². The van der Waals surface area contributed by atoms with Gasteiger partial charge in [-0.25, -0.2) is 4.98 Å². The standard InChI is InChI=1S/C29H24N2O5S/c1-5-35-21-11-8-17(14-22(21)34-4)25-24-26(32)18-12-15(2)7-10-20(18)36-27(24)28(33)31(25)29-30-19-9-6-16(3)13-23(19)37-29/h6-14,25H,5H2,1-4H3/t25-/m1/s1. The number of aryl methyl sites for hydroxylation is 2. The molecule has 8 heteroatoms. The summed E-state index contributed by atoms with van der Waals surface area (Å²) in [4.78, 5) is 34.2. The van der Waals surface area contributed by atoms with Crippen LogP contribution in [0.2, 0.25) is 0 Å². The van der Waals surface area contributed by atoms with E-state index in [1.165, 1.54) is 11.3 Å². The van der Waals surface area contributed by atoms with Crippen molar-refractivity contribution in [3.05, 3.63) is 92.8 Å². The molecule has 1 amide bonds. The lowest BCUT2D eigenvalue weighted by Gasteiger charge is -2.23. The number of benzene rings is 3. The smallest absolute Gasteiger partial charge is 0.297 e. The molecule has 1 aliphatic rings. The summed E-state index contributed by atoms with van der Waals surface area (Å²) in [5, 5.41) is 0.936. The first-order valence-corrected chi connectivity index (χ1v) is 12.8. The second kappa shape index (κ2) is 8.74. The van der Waals surface area contributed by atoms with Crippen molar-refractivity contribution in [1.82, 2.24) is 4.98 Å². The summed E-state index contributed by atoms with van der Waals surface area (Å²) in [6.07, 6.45) is 0. The van der Waals surface area contributed by atoms with Crippen LogP contribution >= 0.6 is 11.3 Å². The molecule has 0 N–H and O–H groups in total. The quantitative estimate of drug-likeness (QED) is 0.280. The fourth-order valence-corrected chi connectivity index (χ4v) is 5.94. The van der Waals surface area contributed by atoms with Gasteiger partial charge in [-0.1, -0.05) is 35.1 Å². The zero-order valence-electron chi connectivity index (χ0n) is 20.8. The van der Waals surface area contributed by atoms with Gasteiger partial charge in [0.15, 0.2) is 22.1 Å². The molecule has 3 heterocycles. The Morgan fingerprint density at radius 2 is 1.78 bits per heavy atom. The largest absolute Gasteiger partial charge is 0.493 e. The van der Waals surface area contributed by atoms with E-state index in [1.807, 2.05) is 57.2 Å². The number of carbonyl (C=O) groups is 1. The van der Waals surface area contributed by atoms with Crippen LogP contribution in [0.4, 0.5) is 5.13 Å². The lowest BCUT2D eigenvalue weighted by molar-refractivity contribution is 0.0971. The van der Waals surface area contributed by atoms with Crippen molar-refractivity contribution in [3.8, 4) is 11.5 Å². The normalized spacial score (nSPS) is 15.0. The predicted molar refractivity (Wildman–Crippen MR) is 144 cm³/mol. The lowest BCUT2D eigenvalue weighted by atomic mass is 9.98. The number of ether oxygens (including phenoxy) is 2. The van der Waals surface area contributed by atoms with E-state index in [0.717, 1.165) is 21.3 Å². The van der Waals surface area contributed by atoms with E-state index in [4.69, 9.17) is 18.9 Å². The van der Waals surface area contributed by atoms with Crippen molar-refractivity contribution in [2.45, 2.75) is 26.8 Å². The highest BCUT2D eigenvalue weighted by molar-refractivity contribution is 7.22. The Bertz CT molecular complexity index is 1770. The van der Waals surface area contributed by atoms with Crippen LogP contribution in [0.25, 0.3) is 21.2 Å². The SMILES string of the molecule is CCOc1ccc([C@@H]2c3c(oc4ccc(C)cc4c3=O)C(=O)N2c2nc3ccc(C)cc3s2)cc1OC. The van der Waals surface area contributed by atoms with Gasteiger partial charge in [-0.15, -0.1) is 0 Å². The molecule has 0 aliphatic carbocycles. The average molecular weight is 513 g/mol. The van der Waals surface area contributed by atoms with Crippen molar-refractivity contribution in [2.75, 3.05) is 18.6 Å². The summed E-state index contributed by atoms with van der Waals surface area (Å²) < 4.78 is 18.3. The van der Waals surface area contributed by atoms with Crippen LogP contribution in [-0.4, -0.2) is 24.6 Å². The number of aromatic nitrogens is 1. The minimum Gasteiger partial charge on any atom is -0.493 e. The summed E-state index contributed by atoms with van der Waals surface area (Å²) in [5.41, 5.74) is 3.97. The molecule has 0 saturated heterocycles. The fraction of sp³-hybridized carbons (Fsp3) is 0.207. The molecule has 186 valence electrons. The molecular weight excluding hydrogens is 488 g/mol. The van der Waals surface area contributed by atoms with Crippen LogP contribution in [0.5, 0.6) is 11.5 Å². The van der Waals surface area contributed by atoms with E-state index in [2.05, 4.69) is 0 Å². The van der Waals surface area contributed by atoms with Gasteiger partial charge in [-0.05, 0) is 68.3 Å². The third-order valence-electron chi connectivity index (χ3n) is 6.57. The minimum atomic E-state index is -0.741. The van der Waals surface area contributed by atoms with Crippen LogP contribution in [0, 0.1) is 13.8 Å². The second-order valence-corrected chi connectivity index (χ2v) is 10.1. The Morgan fingerprint density at radius 1 is 1.00 bits per heavy atom. The van der Waals surface area contributed by atoms with E-state index >= 15 is 0 Å². The molecule has 0 bridgehead atoms. The number of carbonyl (C=O) groups excluding carboxylic acids is 1. The third kappa shape index (κ3) is 3.67. The number of hydrogen-bond donors (Lipinski definition) is 0. The van der Waals surface area contributed by atoms with Gasteiger partial charge in [-0.3, -0.25) is 14.5 Å². The highest BCUT2D eigenvalue weighted by atomic mass is 32.1. The number of nitrogens with zero attached hydrogens (tertiary/aromatic N) is 2. The first-order valence-electron chi connectivity index (χ1n) is 12.0. The van der Waals surface area contributed by atoms with Crippen molar-refractivity contribution >= 4 is 43.6 Å². The molecule has 1 atom stereocenters. The maximum Gasteiger partial charge on any atom is 0.297 e. The highest BCUT2D eigenvalue weighted by Gasteiger charge is 2.45. The van der Waals surface area contributed by atoms with Crippen LogP contribution in [-0.2, 0) is 0 Å². The zero-order chi connectivity index (χ0) is 25.8. The monoisotopic (exact) mass is 512 g/mol. The Kier molecular flexibility index (Phi) is 5.49. The first-order chi connectivity index (χ1) is 17.9. The molecule has 1 aliphatic heterocycles. The van der Waals surface area contributed by atoms with Gasteiger partial charge in [0.25, 0.3) is 5.91 Å². The number of amides is 1. The van der Waals surface area contributed by atoms with E-state index in [1.54, 1.807) is 30.2 Å². The Labute approximate surface area is 216 Å². The van der Waals surface area contributed by atoms with Gasteiger partial charge < -0.3 is 13.9 Å². The summed E-state index contributed by atoms with van der Waals surface area (Å²) in [5.74, 6) is 0.737. The molecule has 37 heavy (non-hydrogen) atoms. The van der Waals surface area contributed by atoms with Gasteiger partial charge in [0, 0.05) is 0 Å². The predicted octanol–water partition coefficient (Wildman–Crippen LogP) is 6.18. The van der Waals surface area contributed by atoms with Crippen LogP contribution in [0.15, 0.2) is 63.8 Å². The van der Waals surface area contributed by atoms with Gasteiger partial charge >= 0.3 is 0 Å². The van der Waals surface area contributed by atoms with Crippen molar-refractivity contribution < 1.29 is 18.7 Å². The number of anilines is 1. The van der Waals surface area contributed by atoms with Crippen molar-refractivity contribution in [1.29, 1.82) is 0 Å². The molecule has 3 aromatic carbocycles. The molecule has 0 radical (unpaired) electrons. The molecule has 0 unspecified atom stereocenters. The topological polar surface area (TPSA) is 81.9 Å². The van der Waals surface area contributed by atoms with Crippen LogP contribution in [0.3, 0.4) is 0 Å². The number of methoxy groups -OCH3 is 1. The summed E-state index contributed by atoms with van der Waals surface area (Å²) in [7, 11) is 1.56. The Morgan fingerprint density at radius 3 is 2.57 bits per heavy atom. The molecular formula is C29H24N2O5S. The van der Waals surface area contributed by atoms with E-state index in [9.17, 15) is 9.59 Å². The molecule has 0 spiro atoms. The first kappa shape index (κ1) is 23.2. The minimum absolute atomic E-state index is 0.0367. The molecule has 2 aromatic heterocycles. The summed E-state index contributed by atoms with van der Waals surface area (Å²) >= 11 is 1.41. The average Bonchev–Trinajstić information content (AvgIpc) is 3.43. The van der Waals surface area contributed by atoms with E-state index < -0.39 is 11.9 Å². The summed E-state index contributed by atoms with van der Waals surface area (Å²) in [6, 6.07) is 16.1. The molecule has 6 rings (SSSR count). The molecule has 0 fully saturated rings. The maximum atomic E-state index is 13.9. The molecule has 0 saturated carbocycles. The summed E-state index contributed by atoms with van der Waals surface area (Å²) in [6.45, 7) is 6.31. The number of thiazole rings is 1. The zero-order valence-corrected chi connectivity index (χ0v) is 21.6. The number of fused-ring (bicyclic) bond motifs is 3. The Balaban J connectivity index is 1.62. The van der Waals surface area contributed by atoms with E-state index in [0.29, 0.717) is 45.3 Å². The number of rotatable bonds is 5. The molecule has 5 aromatic rings. The van der Waals surface area contributed by atoms with Gasteiger partial charge in [0.1, 0.15) is 5.58 Å². The highest BCUT2D eigenvalue weighted by Crippen LogP contribution is 2.45. The Hall–Kier alpha value is -4.17. The van der Waals surface area contributed by atoms with Gasteiger partial charge in [-0.2, -0.15) is 0 Å². The second-order valence-electron chi connectivity index (χ2n) is 9.06. The van der Waals surface area contributed by atoms with Crippen LogP contribution < -0.4 is 19.8 Å². The van der Waals surface area contributed by atoms with Crippen molar-refractivity contribution in [3.63, 3.8) is 0 Å². The molecule has 7 nitrogen and oxygen atoms in total. The van der Waals surface area contributed by atoms with Gasteiger partial charge in [0.05, 0.1) is 40.9 Å². The lowest BCUT2D eigenvalue weighted by Crippen LogP contribution is -2.29.